The largest absolute Gasteiger partial charge is 2.00 e. The van der Waals surface area contributed by atoms with Crippen molar-refractivity contribution in [3.05, 3.63) is 14.4 Å². The first-order chi connectivity index (χ1) is 2.27. The van der Waals surface area contributed by atoms with Crippen molar-refractivity contribution in [3.63, 3.8) is 0 Å². The minimum Gasteiger partial charge on any atom is -0.358 e. The average molecular weight is 191 g/mol. The van der Waals surface area contributed by atoms with Crippen LogP contribution in [-0.4, -0.2) is 23.1 Å². The predicted molar refractivity (Wildman–Crippen MR) is 47.3 cm³/mol. The van der Waals surface area contributed by atoms with Gasteiger partial charge in [0.05, 0.1) is 0 Å². The molecular weight excluding hydrogens is 176 g/mol. The summed E-state index contributed by atoms with van der Waals surface area (Å²) in [5.74, 6) is 0.634. The molecule has 0 spiro atoms. The first-order valence-electron chi connectivity index (χ1n) is 2.10. The molecule has 0 aliphatic rings. The molecule has 0 heterocycles. The van der Waals surface area contributed by atoms with E-state index in [2.05, 4.69) is 20.8 Å². The summed E-state index contributed by atoms with van der Waals surface area (Å²) < 4.78 is 0. The Morgan fingerprint density at radius 1 is 1.50 bits per heavy atom. The Labute approximate surface area is 80.4 Å². The molecular formula is C6H15BrMg. The van der Waals surface area contributed by atoms with E-state index in [1.165, 1.54) is 6.42 Å². The van der Waals surface area contributed by atoms with Gasteiger partial charge in [-0.3, -0.25) is 0 Å². The fraction of sp³-hybridized carbons (Fsp3) is 0.667. The van der Waals surface area contributed by atoms with Gasteiger partial charge in [-0.15, -0.1) is 17.0 Å². The van der Waals surface area contributed by atoms with Gasteiger partial charge in [0.2, 0.25) is 0 Å². The third-order valence-corrected chi connectivity index (χ3v) is 0.697. The van der Waals surface area contributed by atoms with Crippen LogP contribution in [0.25, 0.3) is 0 Å². The molecule has 1 atom stereocenters. The van der Waals surface area contributed by atoms with Crippen molar-refractivity contribution < 1.29 is 0 Å². The molecule has 0 aliphatic heterocycles. The van der Waals surface area contributed by atoms with Crippen molar-refractivity contribution in [1.82, 2.24) is 0 Å². The van der Waals surface area contributed by atoms with Gasteiger partial charge >= 0.3 is 23.1 Å². The molecule has 0 nitrogen and oxygen atoms in total. The minimum atomic E-state index is 0. The summed E-state index contributed by atoms with van der Waals surface area (Å²) in [4.78, 5) is 0. The van der Waals surface area contributed by atoms with Crippen molar-refractivity contribution in [3.8, 4) is 0 Å². The molecule has 48 valence electrons. The molecule has 0 rings (SSSR count). The molecule has 0 saturated heterocycles. The molecule has 0 aromatic rings. The van der Waals surface area contributed by atoms with Gasteiger partial charge in [-0.2, -0.15) is 5.92 Å². The van der Waals surface area contributed by atoms with Crippen LogP contribution in [0.1, 0.15) is 20.3 Å². The van der Waals surface area contributed by atoms with E-state index in [-0.39, 0.29) is 47.5 Å². The van der Waals surface area contributed by atoms with E-state index in [0.717, 1.165) is 0 Å². The van der Waals surface area contributed by atoms with Crippen LogP contribution in [0.15, 0.2) is 0 Å². The molecule has 0 aliphatic carbocycles. The van der Waals surface area contributed by atoms with Gasteiger partial charge in [0.25, 0.3) is 0 Å². The van der Waals surface area contributed by atoms with Gasteiger partial charge in [0.1, 0.15) is 0 Å². The minimum absolute atomic E-state index is 0. The number of hydrogen-bond donors (Lipinski definition) is 0. The summed E-state index contributed by atoms with van der Waals surface area (Å²) in [6.07, 6.45) is 1.19. The van der Waals surface area contributed by atoms with Crippen LogP contribution < -0.4 is 0 Å². The van der Waals surface area contributed by atoms with E-state index in [1.807, 2.05) is 0 Å². The second kappa shape index (κ2) is 15.7. The van der Waals surface area contributed by atoms with Crippen molar-refractivity contribution in [1.29, 1.82) is 0 Å². The Hall–Kier alpha value is 1.25. The molecule has 0 fully saturated rings. The molecule has 2 heteroatoms. The van der Waals surface area contributed by atoms with Gasteiger partial charge in [0.15, 0.2) is 0 Å². The van der Waals surface area contributed by atoms with Crippen LogP contribution in [0.5, 0.6) is 0 Å². The van der Waals surface area contributed by atoms with E-state index >= 15 is 0 Å². The summed E-state index contributed by atoms with van der Waals surface area (Å²) in [6, 6.07) is 0. The summed E-state index contributed by atoms with van der Waals surface area (Å²) in [7, 11) is 0. The predicted octanol–water partition coefficient (Wildman–Crippen LogP) is 2.51. The molecule has 1 unspecified atom stereocenters. The average Bonchev–Trinajstić information content (AvgIpc) is 1.38. The molecule has 0 saturated carbocycles. The Bertz CT molecular complexity index is 22.5. The molecule has 8 heavy (non-hydrogen) atoms. The normalized spacial score (nSPS) is 9.38. The Morgan fingerprint density at radius 2 is 1.62 bits per heavy atom. The topological polar surface area (TPSA) is 0 Å². The van der Waals surface area contributed by atoms with E-state index in [4.69, 9.17) is 0 Å². The summed E-state index contributed by atoms with van der Waals surface area (Å²) >= 11 is 0. The Morgan fingerprint density at radius 3 is 1.62 bits per heavy atom. The first-order valence-corrected chi connectivity index (χ1v) is 2.10. The summed E-state index contributed by atoms with van der Waals surface area (Å²) in [5, 5.41) is 0. The first kappa shape index (κ1) is 22.8. The third kappa shape index (κ3) is 26.8. The van der Waals surface area contributed by atoms with Crippen LogP contribution >= 0.6 is 17.0 Å². The zero-order valence-corrected chi connectivity index (χ0v) is 9.23. The molecule has 0 radical (unpaired) electrons. The van der Waals surface area contributed by atoms with Gasteiger partial charge in [-0.05, 0) is 0 Å². The van der Waals surface area contributed by atoms with Crippen molar-refractivity contribution in [2.45, 2.75) is 20.3 Å². The fourth-order valence-corrected chi connectivity index (χ4v) is 0. The van der Waals surface area contributed by atoms with Crippen LogP contribution in [0.3, 0.4) is 0 Å². The maximum absolute atomic E-state index is 3.76. The van der Waals surface area contributed by atoms with E-state index in [0.29, 0.717) is 5.92 Å². The molecule has 0 amide bonds. The summed E-state index contributed by atoms with van der Waals surface area (Å²) in [6.45, 7) is 8.00. The zero-order valence-electron chi connectivity index (χ0n) is 6.11. The van der Waals surface area contributed by atoms with Crippen molar-refractivity contribution in [2.24, 2.45) is 5.92 Å². The van der Waals surface area contributed by atoms with Crippen LogP contribution in [0.2, 0.25) is 0 Å². The smallest absolute Gasteiger partial charge is 0.358 e. The molecule has 0 N–H and O–H groups in total. The van der Waals surface area contributed by atoms with Crippen LogP contribution in [0.4, 0.5) is 0 Å². The van der Waals surface area contributed by atoms with Gasteiger partial charge in [-0.1, -0.05) is 20.3 Å². The maximum Gasteiger partial charge on any atom is 2.00 e. The number of halogens is 1. The van der Waals surface area contributed by atoms with Crippen molar-refractivity contribution >= 4 is 40.0 Å². The van der Waals surface area contributed by atoms with Gasteiger partial charge in [0, 0.05) is 0 Å². The molecule has 0 bridgehead atoms. The fourth-order valence-electron chi connectivity index (χ4n) is 0. The third-order valence-electron chi connectivity index (χ3n) is 0.697. The Balaban J connectivity index is -0.0000000267. The Kier molecular flexibility index (Phi) is 44.9. The summed E-state index contributed by atoms with van der Waals surface area (Å²) in [5.41, 5.74) is 0. The van der Waals surface area contributed by atoms with E-state index < -0.39 is 0 Å². The van der Waals surface area contributed by atoms with E-state index in [1.54, 1.807) is 0 Å². The van der Waals surface area contributed by atoms with Gasteiger partial charge in [-0.25, -0.2) is 0 Å². The van der Waals surface area contributed by atoms with Crippen molar-refractivity contribution in [2.75, 3.05) is 0 Å². The zero-order chi connectivity index (χ0) is 4.28. The van der Waals surface area contributed by atoms with E-state index in [9.17, 15) is 0 Å². The maximum atomic E-state index is 3.76. The van der Waals surface area contributed by atoms with Gasteiger partial charge < -0.3 is 14.4 Å². The van der Waals surface area contributed by atoms with Crippen LogP contribution in [-0.2, 0) is 0 Å². The number of hydrogen-bond acceptors (Lipinski definition) is 0. The SMILES string of the molecule is Br.[CH2-]C(C)CC.[CH3-].[Mg+2]. The molecule has 0 aromatic carbocycles. The molecule has 0 aromatic heterocycles. The standard InChI is InChI=1S/C5H11.CH3.BrH.Mg/c1-4-5(2)3;;;/h5H,2,4H2,1,3H3;1H3;1H;/q2*-1;;+2. The number of rotatable bonds is 1. The second-order valence-corrected chi connectivity index (χ2v) is 1.51. The monoisotopic (exact) mass is 190 g/mol. The second-order valence-electron chi connectivity index (χ2n) is 1.51. The van der Waals surface area contributed by atoms with Crippen LogP contribution in [0, 0.1) is 20.3 Å². The quantitative estimate of drug-likeness (QED) is 0.441.